The van der Waals surface area contributed by atoms with E-state index in [0.717, 1.165) is 32.5 Å². The second-order valence-electron chi connectivity index (χ2n) is 5.16. The van der Waals surface area contributed by atoms with E-state index in [9.17, 15) is 0 Å². The molecule has 1 atom stereocenters. The second kappa shape index (κ2) is 6.21. The number of hydrogen-bond donors (Lipinski definition) is 1. The van der Waals surface area contributed by atoms with Crippen LogP contribution in [0.3, 0.4) is 0 Å². The Hall–Kier alpha value is -1.63. The van der Waals surface area contributed by atoms with Crippen LogP contribution in [0.1, 0.15) is 26.7 Å². The summed E-state index contributed by atoms with van der Waals surface area (Å²) in [5, 5.41) is 3.10. The zero-order valence-corrected chi connectivity index (χ0v) is 12.6. The van der Waals surface area contributed by atoms with Crippen molar-refractivity contribution in [2.24, 2.45) is 0 Å². The number of rotatable bonds is 5. The molecule has 1 aliphatic rings. The summed E-state index contributed by atoms with van der Waals surface area (Å²) >= 11 is 0. The Morgan fingerprint density at radius 3 is 2.75 bits per heavy atom. The highest BCUT2D eigenvalue weighted by molar-refractivity contribution is 5.39. The summed E-state index contributed by atoms with van der Waals surface area (Å²) in [6, 6.07) is 0.329. The van der Waals surface area contributed by atoms with Gasteiger partial charge in [-0.25, -0.2) is 0 Å². The first-order valence-corrected chi connectivity index (χ1v) is 6.94. The molecule has 1 aromatic rings. The first-order chi connectivity index (χ1) is 9.60. The highest BCUT2D eigenvalue weighted by Crippen LogP contribution is 2.27. The third-order valence-corrected chi connectivity index (χ3v) is 3.56. The standard InChI is InChI=1S/C13H23N5O2/c1-5-14-10-15-11(17-12(16-10)19-3)18-8-6-7-13(2,9-18)20-4/h5-9H2,1-4H3,(H,14,15,16,17). The Bertz CT molecular complexity index is 456. The molecular formula is C13H23N5O2. The first kappa shape index (κ1) is 14.8. The summed E-state index contributed by atoms with van der Waals surface area (Å²) in [4.78, 5) is 15.1. The van der Waals surface area contributed by atoms with Gasteiger partial charge in [0.15, 0.2) is 0 Å². The number of piperidine rings is 1. The number of nitrogens with one attached hydrogen (secondary N) is 1. The zero-order valence-electron chi connectivity index (χ0n) is 12.6. The summed E-state index contributed by atoms with van der Waals surface area (Å²) < 4.78 is 10.8. The molecule has 1 fully saturated rings. The van der Waals surface area contributed by atoms with Crippen molar-refractivity contribution in [2.45, 2.75) is 32.3 Å². The van der Waals surface area contributed by atoms with Crippen LogP contribution in [0.15, 0.2) is 0 Å². The van der Waals surface area contributed by atoms with E-state index in [2.05, 4.69) is 32.1 Å². The molecule has 0 aromatic carbocycles. The summed E-state index contributed by atoms with van der Waals surface area (Å²) in [5.74, 6) is 1.18. The average molecular weight is 281 g/mol. The van der Waals surface area contributed by atoms with E-state index in [1.165, 1.54) is 0 Å². The fourth-order valence-electron chi connectivity index (χ4n) is 2.36. The third-order valence-electron chi connectivity index (χ3n) is 3.56. The highest BCUT2D eigenvalue weighted by Gasteiger charge is 2.32. The van der Waals surface area contributed by atoms with E-state index in [1.54, 1.807) is 14.2 Å². The molecule has 0 saturated carbocycles. The van der Waals surface area contributed by atoms with Gasteiger partial charge in [-0.05, 0) is 26.7 Å². The number of aromatic nitrogens is 3. The highest BCUT2D eigenvalue weighted by atomic mass is 16.5. The van der Waals surface area contributed by atoms with Gasteiger partial charge in [-0.1, -0.05) is 0 Å². The SMILES string of the molecule is CCNc1nc(OC)nc(N2CCCC(C)(OC)C2)n1. The minimum absolute atomic E-state index is 0.156. The maximum Gasteiger partial charge on any atom is 0.322 e. The van der Waals surface area contributed by atoms with Gasteiger partial charge in [0.2, 0.25) is 11.9 Å². The predicted molar refractivity (Wildman–Crippen MR) is 77.4 cm³/mol. The van der Waals surface area contributed by atoms with E-state index in [-0.39, 0.29) is 5.60 Å². The zero-order chi connectivity index (χ0) is 14.6. The van der Waals surface area contributed by atoms with Crippen LogP contribution in [-0.4, -0.2) is 54.4 Å². The van der Waals surface area contributed by atoms with Gasteiger partial charge in [-0.3, -0.25) is 0 Å². The topological polar surface area (TPSA) is 72.4 Å². The lowest BCUT2D eigenvalue weighted by Gasteiger charge is -2.39. The van der Waals surface area contributed by atoms with Gasteiger partial charge in [-0.15, -0.1) is 0 Å². The Balaban J connectivity index is 2.24. The van der Waals surface area contributed by atoms with E-state index >= 15 is 0 Å². The van der Waals surface area contributed by atoms with E-state index in [0.29, 0.717) is 17.9 Å². The quantitative estimate of drug-likeness (QED) is 0.872. The van der Waals surface area contributed by atoms with Gasteiger partial charge >= 0.3 is 6.01 Å². The Kier molecular flexibility index (Phi) is 4.59. The molecule has 1 saturated heterocycles. The molecule has 0 radical (unpaired) electrons. The van der Waals surface area contributed by atoms with Crippen molar-refractivity contribution in [3.63, 3.8) is 0 Å². The lowest BCUT2D eigenvalue weighted by atomic mass is 9.95. The molecule has 112 valence electrons. The minimum atomic E-state index is -0.156. The molecule has 2 heterocycles. The van der Waals surface area contributed by atoms with Gasteiger partial charge < -0.3 is 19.7 Å². The smallest absolute Gasteiger partial charge is 0.322 e. The van der Waals surface area contributed by atoms with Gasteiger partial charge in [0.25, 0.3) is 0 Å². The van der Waals surface area contributed by atoms with E-state index < -0.39 is 0 Å². The molecule has 1 aromatic heterocycles. The number of methoxy groups -OCH3 is 2. The van der Waals surface area contributed by atoms with Crippen molar-refractivity contribution in [3.8, 4) is 6.01 Å². The van der Waals surface area contributed by atoms with Gasteiger partial charge in [0.1, 0.15) is 0 Å². The molecule has 1 aliphatic heterocycles. The normalized spacial score (nSPS) is 22.7. The third kappa shape index (κ3) is 3.27. The van der Waals surface area contributed by atoms with Gasteiger partial charge in [-0.2, -0.15) is 15.0 Å². The Morgan fingerprint density at radius 1 is 1.30 bits per heavy atom. The fourth-order valence-corrected chi connectivity index (χ4v) is 2.36. The van der Waals surface area contributed by atoms with Crippen LogP contribution < -0.4 is 15.0 Å². The number of ether oxygens (including phenoxy) is 2. The van der Waals surface area contributed by atoms with Crippen LogP contribution in [0.4, 0.5) is 11.9 Å². The summed E-state index contributed by atoms with van der Waals surface area (Å²) in [6.45, 7) is 6.55. The summed E-state index contributed by atoms with van der Waals surface area (Å²) in [6.07, 6.45) is 2.09. The van der Waals surface area contributed by atoms with Crippen molar-refractivity contribution in [3.05, 3.63) is 0 Å². The van der Waals surface area contributed by atoms with Crippen LogP contribution in [0.2, 0.25) is 0 Å². The molecule has 20 heavy (non-hydrogen) atoms. The molecule has 0 bridgehead atoms. The van der Waals surface area contributed by atoms with Crippen molar-refractivity contribution < 1.29 is 9.47 Å². The molecule has 1 unspecified atom stereocenters. The molecule has 1 N–H and O–H groups in total. The number of nitrogens with zero attached hydrogens (tertiary/aromatic N) is 4. The molecule has 0 aliphatic carbocycles. The lowest BCUT2D eigenvalue weighted by molar-refractivity contribution is -0.00501. The molecule has 2 rings (SSSR count). The fraction of sp³-hybridized carbons (Fsp3) is 0.769. The molecule has 7 heteroatoms. The van der Waals surface area contributed by atoms with Gasteiger partial charge in [0, 0.05) is 26.7 Å². The summed E-state index contributed by atoms with van der Waals surface area (Å²) in [5.41, 5.74) is -0.156. The maximum atomic E-state index is 5.60. The second-order valence-corrected chi connectivity index (χ2v) is 5.16. The van der Waals surface area contributed by atoms with Crippen LogP contribution >= 0.6 is 0 Å². The van der Waals surface area contributed by atoms with E-state index in [4.69, 9.17) is 9.47 Å². The van der Waals surface area contributed by atoms with Gasteiger partial charge in [0.05, 0.1) is 12.7 Å². The van der Waals surface area contributed by atoms with Crippen molar-refractivity contribution in [1.29, 1.82) is 0 Å². The number of anilines is 2. The van der Waals surface area contributed by atoms with Crippen LogP contribution in [-0.2, 0) is 4.74 Å². The maximum absolute atomic E-state index is 5.60. The molecule has 0 spiro atoms. The van der Waals surface area contributed by atoms with E-state index in [1.807, 2.05) is 6.92 Å². The number of hydrogen-bond acceptors (Lipinski definition) is 7. The average Bonchev–Trinajstić information content (AvgIpc) is 2.47. The van der Waals surface area contributed by atoms with Crippen molar-refractivity contribution >= 4 is 11.9 Å². The molecular weight excluding hydrogens is 258 g/mol. The molecule has 7 nitrogen and oxygen atoms in total. The Morgan fingerprint density at radius 2 is 2.10 bits per heavy atom. The predicted octanol–water partition coefficient (Wildman–Crippen LogP) is 1.32. The van der Waals surface area contributed by atoms with Crippen LogP contribution in [0.25, 0.3) is 0 Å². The largest absolute Gasteiger partial charge is 0.467 e. The van der Waals surface area contributed by atoms with Crippen LogP contribution in [0, 0.1) is 0 Å². The monoisotopic (exact) mass is 281 g/mol. The summed E-state index contributed by atoms with van der Waals surface area (Å²) in [7, 11) is 3.31. The lowest BCUT2D eigenvalue weighted by Crippen LogP contribution is -2.48. The Labute approximate surface area is 119 Å². The minimum Gasteiger partial charge on any atom is -0.467 e. The van der Waals surface area contributed by atoms with Crippen molar-refractivity contribution in [2.75, 3.05) is 44.1 Å². The van der Waals surface area contributed by atoms with Crippen molar-refractivity contribution in [1.82, 2.24) is 15.0 Å². The first-order valence-electron chi connectivity index (χ1n) is 6.94. The molecule has 0 amide bonds. The van der Waals surface area contributed by atoms with Crippen LogP contribution in [0.5, 0.6) is 6.01 Å².